The van der Waals surface area contributed by atoms with Crippen LogP contribution in [0.15, 0.2) is 47.6 Å². The Hall–Kier alpha value is -2.47. The van der Waals surface area contributed by atoms with Crippen LogP contribution in [-0.4, -0.2) is 31.7 Å². The van der Waals surface area contributed by atoms with Crippen molar-refractivity contribution in [2.45, 2.75) is 25.9 Å². The molecule has 3 rings (SSSR count). The molecule has 3 aromatic rings. The summed E-state index contributed by atoms with van der Waals surface area (Å²) in [6, 6.07) is 13.6. The lowest BCUT2D eigenvalue weighted by atomic mass is 10.1. The van der Waals surface area contributed by atoms with Crippen molar-refractivity contribution >= 4 is 17.5 Å². The molecule has 0 bridgehead atoms. The zero-order valence-corrected chi connectivity index (χ0v) is 14.7. The van der Waals surface area contributed by atoms with Gasteiger partial charge in [0, 0.05) is 5.56 Å². The molecule has 122 valence electrons. The quantitative estimate of drug-likeness (QED) is 0.526. The third kappa shape index (κ3) is 3.38. The number of hydrogen-bond acceptors (Lipinski definition) is 5. The van der Waals surface area contributed by atoms with Crippen LogP contribution in [0.1, 0.15) is 27.0 Å². The van der Waals surface area contributed by atoms with E-state index in [2.05, 4.69) is 15.5 Å². The summed E-state index contributed by atoms with van der Waals surface area (Å²) in [6.45, 7) is 6.05. The van der Waals surface area contributed by atoms with Gasteiger partial charge in [-0.15, -0.1) is 5.10 Å². The number of ketones is 1. The van der Waals surface area contributed by atoms with Crippen molar-refractivity contribution in [3.8, 4) is 5.69 Å². The number of hydrogen-bond donors (Lipinski definition) is 0. The zero-order valence-electron chi connectivity index (χ0n) is 13.9. The van der Waals surface area contributed by atoms with Crippen molar-refractivity contribution < 1.29 is 4.79 Å². The Morgan fingerprint density at radius 2 is 1.71 bits per heavy atom. The summed E-state index contributed by atoms with van der Waals surface area (Å²) in [5.74, 6) is 0.366. The fourth-order valence-corrected chi connectivity index (χ4v) is 3.27. The van der Waals surface area contributed by atoms with Gasteiger partial charge in [-0.1, -0.05) is 59.8 Å². The molecular weight excluding hydrogens is 320 g/mol. The summed E-state index contributed by atoms with van der Waals surface area (Å²) in [7, 11) is 0. The molecule has 0 spiro atoms. The average molecular weight is 338 g/mol. The van der Waals surface area contributed by atoms with Gasteiger partial charge in [-0.25, -0.2) is 0 Å². The Kier molecular flexibility index (Phi) is 4.76. The highest BCUT2D eigenvalue weighted by atomic mass is 32.2. The number of benzene rings is 2. The van der Waals surface area contributed by atoms with Crippen LogP contribution in [0.5, 0.6) is 0 Å². The second-order valence-electron chi connectivity index (χ2n) is 5.69. The lowest BCUT2D eigenvalue weighted by Crippen LogP contribution is -2.07. The monoisotopic (exact) mass is 338 g/mol. The van der Waals surface area contributed by atoms with E-state index in [1.807, 2.05) is 63.2 Å². The van der Waals surface area contributed by atoms with E-state index >= 15 is 0 Å². The summed E-state index contributed by atoms with van der Waals surface area (Å²) in [5, 5.41) is 12.6. The van der Waals surface area contributed by atoms with Gasteiger partial charge in [-0.3, -0.25) is 4.79 Å². The second kappa shape index (κ2) is 6.97. The molecule has 24 heavy (non-hydrogen) atoms. The highest BCUT2D eigenvalue weighted by Crippen LogP contribution is 2.24. The smallest absolute Gasteiger partial charge is 0.214 e. The van der Waals surface area contributed by atoms with Gasteiger partial charge in [0.2, 0.25) is 5.16 Å². The topological polar surface area (TPSA) is 60.7 Å². The molecule has 0 radical (unpaired) electrons. The Morgan fingerprint density at radius 1 is 1.04 bits per heavy atom. The number of carbonyl (C=O) groups is 1. The molecule has 0 aliphatic rings. The largest absolute Gasteiger partial charge is 0.293 e. The third-order valence-corrected chi connectivity index (χ3v) is 4.72. The summed E-state index contributed by atoms with van der Waals surface area (Å²) < 4.78 is 1.71. The first-order chi connectivity index (χ1) is 11.6. The fraction of sp³-hybridized carbons (Fsp3) is 0.222. The number of nitrogens with zero attached hydrogens (tertiary/aromatic N) is 4. The molecule has 0 N–H and O–H groups in total. The second-order valence-corrected chi connectivity index (χ2v) is 6.63. The molecule has 1 aromatic heterocycles. The SMILES string of the molecule is Cc1ccc(C(=O)CSc2nnnn2-c2c(C)cccc2C)cc1. The summed E-state index contributed by atoms with van der Waals surface area (Å²) in [5.41, 5.74) is 4.99. The van der Waals surface area contributed by atoms with Gasteiger partial charge in [-0.05, 0) is 42.3 Å². The Balaban J connectivity index is 1.79. The first-order valence-corrected chi connectivity index (χ1v) is 8.62. The van der Waals surface area contributed by atoms with Crippen molar-refractivity contribution in [3.05, 3.63) is 64.7 Å². The van der Waals surface area contributed by atoms with Crippen molar-refractivity contribution in [1.82, 2.24) is 20.2 Å². The van der Waals surface area contributed by atoms with Crippen molar-refractivity contribution in [2.24, 2.45) is 0 Å². The zero-order chi connectivity index (χ0) is 17.1. The van der Waals surface area contributed by atoms with Crippen LogP contribution < -0.4 is 0 Å². The molecule has 0 fully saturated rings. The molecule has 0 aliphatic heterocycles. The van der Waals surface area contributed by atoms with Gasteiger partial charge in [0.25, 0.3) is 0 Å². The van der Waals surface area contributed by atoms with Gasteiger partial charge in [0.05, 0.1) is 11.4 Å². The van der Waals surface area contributed by atoms with Crippen LogP contribution in [-0.2, 0) is 0 Å². The maximum absolute atomic E-state index is 12.3. The van der Waals surface area contributed by atoms with E-state index in [4.69, 9.17) is 0 Å². The van der Waals surface area contributed by atoms with Gasteiger partial charge in [-0.2, -0.15) is 4.68 Å². The van der Waals surface area contributed by atoms with Crippen LogP contribution in [0.2, 0.25) is 0 Å². The minimum Gasteiger partial charge on any atom is -0.293 e. The lowest BCUT2D eigenvalue weighted by Gasteiger charge is -2.10. The molecule has 0 saturated carbocycles. The number of carbonyl (C=O) groups excluding carboxylic acids is 1. The van der Waals surface area contributed by atoms with E-state index in [1.54, 1.807) is 4.68 Å². The number of aryl methyl sites for hydroxylation is 3. The molecule has 5 nitrogen and oxygen atoms in total. The van der Waals surface area contributed by atoms with E-state index in [0.29, 0.717) is 16.5 Å². The number of tetrazole rings is 1. The van der Waals surface area contributed by atoms with Crippen LogP contribution in [0.4, 0.5) is 0 Å². The van der Waals surface area contributed by atoms with Crippen LogP contribution in [0.25, 0.3) is 5.69 Å². The standard InChI is InChI=1S/C18H18N4OS/c1-12-7-9-15(10-8-12)16(23)11-24-18-19-20-21-22(18)17-13(2)5-4-6-14(17)3/h4-10H,11H2,1-3H3. The molecule has 6 heteroatoms. The summed E-state index contributed by atoms with van der Waals surface area (Å²) in [4.78, 5) is 12.3. The van der Waals surface area contributed by atoms with E-state index in [-0.39, 0.29) is 5.78 Å². The maximum Gasteiger partial charge on any atom is 0.214 e. The number of Topliss-reactive ketones (excluding diaryl/α,β-unsaturated/α-hetero) is 1. The molecule has 0 unspecified atom stereocenters. The predicted octanol–water partition coefficient (Wildman–Crippen LogP) is 3.56. The lowest BCUT2D eigenvalue weighted by molar-refractivity contribution is 0.102. The highest BCUT2D eigenvalue weighted by Gasteiger charge is 2.15. The number of rotatable bonds is 5. The summed E-state index contributed by atoms with van der Waals surface area (Å²) >= 11 is 1.35. The Morgan fingerprint density at radius 3 is 2.38 bits per heavy atom. The van der Waals surface area contributed by atoms with Gasteiger partial charge in [0.15, 0.2) is 5.78 Å². The molecule has 2 aromatic carbocycles. The number of aromatic nitrogens is 4. The predicted molar refractivity (Wildman–Crippen MR) is 94.9 cm³/mol. The van der Waals surface area contributed by atoms with E-state index in [9.17, 15) is 4.79 Å². The normalized spacial score (nSPS) is 10.8. The fourth-order valence-electron chi connectivity index (χ4n) is 2.50. The molecule has 0 atom stereocenters. The molecule has 0 saturated heterocycles. The van der Waals surface area contributed by atoms with Crippen LogP contribution in [0, 0.1) is 20.8 Å². The number of thioether (sulfide) groups is 1. The molecular formula is C18H18N4OS. The van der Waals surface area contributed by atoms with Crippen LogP contribution >= 0.6 is 11.8 Å². The maximum atomic E-state index is 12.3. The van der Waals surface area contributed by atoms with Gasteiger partial charge in [0.1, 0.15) is 0 Å². The number of para-hydroxylation sites is 1. The van der Waals surface area contributed by atoms with Gasteiger partial charge >= 0.3 is 0 Å². The molecule has 1 heterocycles. The van der Waals surface area contributed by atoms with Crippen molar-refractivity contribution in [1.29, 1.82) is 0 Å². The minimum absolute atomic E-state index is 0.0658. The first-order valence-electron chi connectivity index (χ1n) is 7.64. The van der Waals surface area contributed by atoms with E-state index < -0.39 is 0 Å². The van der Waals surface area contributed by atoms with Crippen molar-refractivity contribution in [3.63, 3.8) is 0 Å². The summed E-state index contributed by atoms with van der Waals surface area (Å²) in [6.07, 6.45) is 0. The average Bonchev–Trinajstić information content (AvgIpc) is 3.01. The first kappa shape index (κ1) is 16.4. The van der Waals surface area contributed by atoms with Gasteiger partial charge < -0.3 is 0 Å². The molecule has 0 aliphatic carbocycles. The Labute approximate surface area is 145 Å². The minimum atomic E-state index is 0.0658. The van der Waals surface area contributed by atoms with Crippen LogP contribution in [0.3, 0.4) is 0 Å². The van der Waals surface area contributed by atoms with E-state index in [0.717, 1.165) is 22.4 Å². The third-order valence-electron chi connectivity index (χ3n) is 3.80. The van der Waals surface area contributed by atoms with E-state index in [1.165, 1.54) is 11.8 Å². The Bertz CT molecular complexity index is 851. The highest BCUT2D eigenvalue weighted by molar-refractivity contribution is 7.99. The molecule has 0 amide bonds. The van der Waals surface area contributed by atoms with Crippen molar-refractivity contribution in [2.75, 3.05) is 5.75 Å².